The number of ketones is 1. The lowest BCUT2D eigenvalue weighted by Gasteiger charge is -2.34. The average Bonchev–Trinajstić information content (AvgIpc) is 2.97. The van der Waals surface area contributed by atoms with E-state index in [1.807, 2.05) is 6.92 Å². The zero-order chi connectivity index (χ0) is 18.6. The summed E-state index contributed by atoms with van der Waals surface area (Å²) in [5, 5.41) is 6.87. The molecule has 1 aromatic carbocycles. The van der Waals surface area contributed by atoms with Crippen LogP contribution in [0.3, 0.4) is 0 Å². The molecule has 0 saturated carbocycles. The zero-order valence-electron chi connectivity index (χ0n) is 13.6. The fourth-order valence-corrected chi connectivity index (χ4v) is 3.75. The first-order chi connectivity index (χ1) is 12.3. The maximum atomic E-state index is 13.1. The van der Waals surface area contributed by atoms with Crippen LogP contribution >= 0.6 is 11.6 Å². The number of aromatic nitrogens is 3. The van der Waals surface area contributed by atoms with Gasteiger partial charge in [-0.3, -0.25) is 4.79 Å². The van der Waals surface area contributed by atoms with Crippen LogP contribution in [0.2, 0.25) is 5.02 Å². The van der Waals surface area contributed by atoms with Crippen molar-refractivity contribution in [2.24, 2.45) is 5.92 Å². The van der Waals surface area contributed by atoms with Gasteiger partial charge in [0.25, 0.3) is 5.82 Å². The lowest BCUT2D eigenvalue weighted by atomic mass is 9.81. The van der Waals surface area contributed by atoms with E-state index in [-0.39, 0.29) is 17.6 Å². The molecule has 0 unspecified atom stereocenters. The van der Waals surface area contributed by atoms with Crippen LogP contribution in [-0.4, -0.2) is 20.5 Å². The van der Waals surface area contributed by atoms with Gasteiger partial charge >= 0.3 is 6.18 Å². The summed E-state index contributed by atoms with van der Waals surface area (Å²) < 4.78 is 40.5. The minimum absolute atomic E-state index is 0.0390. The minimum Gasteiger partial charge on any atom is -0.328 e. The number of rotatable bonds is 1. The fraction of sp³-hybridized carbons (Fsp3) is 0.353. The molecule has 4 rings (SSSR count). The Morgan fingerprint density at radius 3 is 2.69 bits per heavy atom. The van der Waals surface area contributed by atoms with Crippen LogP contribution in [0.5, 0.6) is 0 Å². The van der Waals surface area contributed by atoms with Gasteiger partial charge in [0.2, 0.25) is 5.95 Å². The number of hydrogen-bond acceptors (Lipinski definition) is 4. The summed E-state index contributed by atoms with van der Waals surface area (Å²) >= 11 is 6.29. The predicted molar refractivity (Wildman–Crippen MR) is 88.7 cm³/mol. The van der Waals surface area contributed by atoms with Crippen LogP contribution in [-0.2, 0) is 11.0 Å². The number of nitrogens with one attached hydrogen (secondary N) is 1. The first kappa shape index (κ1) is 17.1. The summed E-state index contributed by atoms with van der Waals surface area (Å²) in [6.07, 6.45) is -3.80. The van der Waals surface area contributed by atoms with Crippen molar-refractivity contribution in [2.75, 3.05) is 5.32 Å². The van der Waals surface area contributed by atoms with Crippen LogP contribution in [0.4, 0.5) is 19.1 Å². The SMILES string of the molecule is C[C@@H]1CC(=O)C2=C(C1)Nc1nc(C(F)(F)F)nn1[C@H]2c1ccccc1Cl. The number of carbonyl (C=O) groups excluding carboxylic acids is 1. The second-order valence-electron chi connectivity index (χ2n) is 6.58. The molecule has 136 valence electrons. The Hall–Kier alpha value is -2.35. The van der Waals surface area contributed by atoms with Crippen LogP contribution in [0.25, 0.3) is 0 Å². The van der Waals surface area contributed by atoms with Gasteiger partial charge in [-0.25, -0.2) is 4.68 Å². The summed E-state index contributed by atoms with van der Waals surface area (Å²) in [6, 6.07) is 5.93. The van der Waals surface area contributed by atoms with E-state index in [0.29, 0.717) is 34.7 Å². The van der Waals surface area contributed by atoms with Crippen molar-refractivity contribution in [3.8, 4) is 0 Å². The maximum absolute atomic E-state index is 13.1. The molecule has 26 heavy (non-hydrogen) atoms. The number of halogens is 4. The molecule has 1 aromatic heterocycles. The highest BCUT2D eigenvalue weighted by atomic mass is 35.5. The smallest absolute Gasteiger partial charge is 0.328 e. The van der Waals surface area contributed by atoms with Crippen molar-refractivity contribution in [1.29, 1.82) is 0 Å². The van der Waals surface area contributed by atoms with Gasteiger partial charge in [0.05, 0.1) is 0 Å². The number of fused-ring (bicyclic) bond motifs is 1. The van der Waals surface area contributed by atoms with Gasteiger partial charge < -0.3 is 5.32 Å². The van der Waals surface area contributed by atoms with E-state index >= 15 is 0 Å². The van der Waals surface area contributed by atoms with Crippen LogP contribution in [0.15, 0.2) is 35.5 Å². The molecule has 2 atom stereocenters. The normalized spacial score (nSPS) is 22.7. The second kappa shape index (κ2) is 5.84. The molecule has 2 heterocycles. The Morgan fingerprint density at radius 1 is 1.27 bits per heavy atom. The van der Waals surface area contributed by atoms with Gasteiger partial charge in [0.1, 0.15) is 6.04 Å². The molecule has 0 saturated heterocycles. The van der Waals surface area contributed by atoms with E-state index < -0.39 is 18.0 Å². The van der Waals surface area contributed by atoms with Gasteiger partial charge in [-0.05, 0) is 18.4 Å². The minimum atomic E-state index is -4.69. The van der Waals surface area contributed by atoms with E-state index in [1.165, 1.54) is 0 Å². The van der Waals surface area contributed by atoms with Crippen molar-refractivity contribution >= 4 is 23.3 Å². The van der Waals surface area contributed by atoms with Gasteiger partial charge in [0, 0.05) is 28.3 Å². The molecule has 0 amide bonds. The van der Waals surface area contributed by atoms with Crippen molar-refractivity contribution in [2.45, 2.75) is 32.0 Å². The topological polar surface area (TPSA) is 59.8 Å². The third kappa shape index (κ3) is 2.68. The number of alkyl halides is 3. The van der Waals surface area contributed by atoms with Crippen molar-refractivity contribution in [1.82, 2.24) is 14.8 Å². The van der Waals surface area contributed by atoms with Gasteiger partial charge in [0.15, 0.2) is 5.78 Å². The standard InChI is InChI=1S/C17H14ClF3N4O/c1-8-6-11-13(12(26)7-8)14(9-4-2-3-5-10(9)18)25-16(22-11)23-15(24-25)17(19,20)21/h2-5,8,14H,6-7H2,1H3,(H,22,23,24)/t8-,14-/m0/s1. The number of anilines is 1. The number of benzene rings is 1. The van der Waals surface area contributed by atoms with Crippen LogP contribution in [0.1, 0.15) is 37.2 Å². The summed E-state index contributed by atoms with van der Waals surface area (Å²) in [6.45, 7) is 1.92. The van der Waals surface area contributed by atoms with Gasteiger partial charge in [-0.15, -0.1) is 5.10 Å². The van der Waals surface area contributed by atoms with E-state index in [9.17, 15) is 18.0 Å². The number of allylic oxidation sites excluding steroid dienone is 2. The molecule has 1 N–H and O–H groups in total. The van der Waals surface area contributed by atoms with Crippen molar-refractivity contribution in [3.05, 3.63) is 51.9 Å². The number of carbonyl (C=O) groups is 1. The lowest BCUT2D eigenvalue weighted by Crippen LogP contribution is -2.33. The van der Waals surface area contributed by atoms with Crippen LogP contribution in [0, 0.1) is 5.92 Å². The molecule has 0 fully saturated rings. The van der Waals surface area contributed by atoms with Crippen molar-refractivity contribution in [3.63, 3.8) is 0 Å². The van der Waals surface area contributed by atoms with E-state index in [1.54, 1.807) is 24.3 Å². The molecule has 5 nitrogen and oxygen atoms in total. The number of hydrogen-bond donors (Lipinski definition) is 1. The highest BCUT2D eigenvalue weighted by Gasteiger charge is 2.43. The molecular formula is C17H14ClF3N4O. The highest BCUT2D eigenvalue weighted by molar-refractivity contribution is 6.31. The van der Waals surface area contributed by atoms with E-state index in [0.717, 1.165) is 4.68 Å². The maximum Gasteiger partial charge on any atom is 0.453 e. The summed E-state index contributed by atoms with van der Waals surface area (Å²) in [7, 11) is 0. The molecule has 0 radical (unpaired) electrons. The van der Waals surface area contributed by atoms with Gasteiger partial charge in [-0.1, -0.05) is 36.7 Å². The average molecular weight is 383 g/mol. The quantitative estimate of drug-likeness (QED) is 0.802. The fourth-order valence-electron chi connectivity index (χ4n) is 3.51. The Balaban J connectivity index is 1.94. The van der Waals surface area contributed by atoms with Crippen molar-refractivity contribution < 1.29 is 18.0 Å². The highest BCUT2D eigenvalue weighted by Crippen LogP contribution is 2.43. The number of Topliss-reactive ketones (excluding diaryl/α,β-unsaturated/α-hetero) is 1. The molecule has 0 spiro atoms. The Morgan fingerprint density at radius 2 is 2.00 bits per heavy atom. The largest absolute Gasteiger partial charge is 0.453 e. The van der Waals surface area contributed by atoms with Crippen LogP contribution < -0.4 is 5.32 Å². The Bertz CT molecular complexity index is 934. The Kier molecular flexibility index (Phi) is 3.83. The predicted octanol–water partition coefficient (Wildman–Crippen LogP) is 4.22. The molecule has 9 heteroatoms. The first-order valence-corrected chi connectivity index (χ1v) is 8.45. The third-order valence-electron chi connectivity index (χ3n) is 4.58. The first-order valence-electron chi connectivity index (χ1n) is 8.07. The second-order valence-corrected chi connectivity index (χ2v) is 6.99. The van der Waals surface area contributed by atoms with Gasteiger partial charge in [-0.2, -0.15) is 18.2 Å². The van der Waals surface area contributed by atoms with E-state index in [2.05, 4.69) is 15.4 Å². The summed E-state index contributed by atoms with van der Waals surface area (Å²) in [5.41, 5.74) is 1.51. The Labute approximate surface area is 151 Å². The molecular weight excluding hydrogens is 369 g/mol. The molecule has 0 bridgehead atoms. The molecule has 2 aromatic rings. The van der Waals surface area contributed by atoms with E-state index in [4.69, 9.17) is 11.6 Å². The lowest BCUT2D eigenvalue weighted by molar-refractivity contribution is -0.145. The molecule has 1 aliphatic heterocycles. The zero-order valence-corrected chi connectivity index (χ0v) is 14.4. The molecule has 1 aliphatic carbocycles. The molecule has 2 aliphatic rings. The summed E-state index contributed by atoms with van der Waals surface area (Å²) in [4.78, 5) is 16.3. The third-order valence-corrected chi connectivity index (χ3v) is 4.92. The monoisotopic (exact) mass is 382 g/mol. The number of nitrogens with zero attached hydrogens (tertiary/aromatic N) is 3. The summed E-state index contributed by atoms with van der Waals surface area (Å²) in [5.74, 6) is -1.32.